The van der Waals surface area contributed by atoms with Crippen LogP contribution in [0.4, 0.5) is 0 Å². The lowest BCUT2D eigenvalue weighted by Crippen LogP contribution is -2.26. The Morgan fingerprint density at radius 3 is 2.89 bits per heavy atom. The van der Waals surface area contributed by atoms with Gasteiger partial charge in [0.2, 0.25) is 0 Å². The van der Waals surface area contributed by atoms with Crippen LogP contribution in [0.25, 0.3) is 10.9 Å². The second-order valence-electron chi connectivity index (χ2n) is 4.77. The molecule has 2 rings (SSSR count). The monoisotopic (exact) mass is 257 g/mol. The smallest absolute Gasteiger partial charge is 0.0622 e. The standard InChI is InChI=1S/C15H19N3O/c16-7-3-4-8-18-10-12(9-13(17)11-19)14-5-1-2-6-15(14)18/h1-2,5-6,10,13,19H,3-4,8-9,11,17H2/t13-/m0/s1. The second kappa shape index (κ2) is 6.37. The van der Waals surface area contributed by atoms with Crippen molar-refractivity contribution in [3.05, 3.63) is 36.0 Å². The molecular formula is C15H19N3O. The first-order valence-corrected chi connectivity index (χ1v) is 6.56. The van der Waals surface area contributed by atoms with Gasteiger partial charge in [-0.2, -0.15) is 5.26 Å². The molecule has 19 heavy (non-hydrogen) atoms. The van der Waals surface area contributed by atoms with Gasteiger partial charge in [0, 0.05) is 36.1 Å². The third kappa shape index (κ3) is 3.14. The highest BCUT2D eigenvalue weighted by Gasteiger charge is 2.10. The van der Waals surface area contributed by atoms with Crippen molar-refractivity contribution in [2.24, 2.45) is 5.73 Å². The summed E-state index contributed by atoms with van der Waals surface area (Å²) in [6.45, 7) is 0.830. The van der Waals surface area contributed by atoms with Crippen LogP contribution in [0.15, 0.2) is 30.5 Å². The fourth-order valence-electron chi connectivity index (χ4n) is 2.35. The van der Waals surface area contributed by atoms with Crippen LogP contribution in [0.3, 0.4) is 0 Å². The molecular weight excluding hydrogens is 238 g/mol. The molecule has 0 fully saturated rings. The molecule has 0 saturated heterocycles. The number of fused-ring (bicyclic) bond motifs is 1. The molecule has 4 heteroatoms. The number of rotatable bonds is 6. The highest BCUT2D eigenvalue weighted by atomic mass is 16.3. The number of hydrogen-bond acceptors (Lipinski definition) is 3. The van der Waals surface area contributed by atoms with Crippen molar-refractivity contribution >= 4 is 10.9 Å². The third-order valence-corrected chi connectivity index (χ3v) is 3.28. The summed E-state index contributed by atoms with van der Waals surface area (Å²) in [7, 11) is 0. The Morgan fingerprint density at radius 1 is 1.37 bits per heavy atom. The van der Waals surface area contributed by atoms with Crippen LogP contribution >= 0.6 is 0 Å². The molecule has 0 aliphatic carbocycles. The van der Waals surface area contributed by atoms with Gasteiger partial charge in [0.1, 0.15) is 0 Å². The molecule has 0 unspecified atom stereocenters. The van der Waals surface area contributed by atoms with Crippen molar-refractivity contribution in [1.29, 1.82) is 5.26 Å². The number of nitrogens with two attached hydrogens (primary N) is 1. The van der Waals surface area contributed by atoms with Crippen molar-refractivity contribution in [2.75, 3.05) is 6.61 Å². The van der Waals surface area contributed by atoms with E-state index in [9.17, 15) is 0 Å². The molecule has 3 N–H and O–H groups in total. The van der Waals surface area contributed by atoms with Crippen molar-refractivity contribution in [3.8, 4) is 6.07 Å². The van der Waals surface area contributed by atoms with Crippen molar-refractivity contribution in [2.45, 2.75) is 31.8 Å². The highest BCUT2D eigenvalue weighted by Crippen LogP contribution is 2.22. The molecule has 0 aliphatic heterocycles. The molecule has 0 saturated carbocycles. The number of hydrogen-bond donors (Lipinski definition) is 2. The van der Waals surface area contributed by atoms with Gasteiger partial charge in [-0.1, -0.05) is 18.2 Å². The van der Waals surface area contributed by atoms with Gasteiger partial charge in [-0.25, -0.2) is 0 Å². The van der Waals surface area contributed by atoms with Crippen LogP contribution in [-0.2, 0) is 13.0 Å². The minimum absolute atomic E-state index is 0.00601. The van der Waals surface area contributed by atoms with Crippen LogP contribution < -0.4 is 5.73 Å². The van der Waals surface area contributed by atoms with E-state index >= 15 is 0 Å². The lowest BCUT2D eigenvalue weighted by atomic mass is 10.1. The first-order valence-electron chi connectivity index (χ1n) is 6.56. The van der Waals surface area contributed by atoms with Gasteiger partial charge in [0.25, 0.3) is 0 Å². The zero-order valence-corrected chi connectivity index (χ0v) is 10.9. The molecule has 1 aromatic carbocycles. The molecule has 4 nitrogen and oxygen atoms in total. The van der Waals surface area contributed by atoms with E-state index in [4.69, 9.17) is 16.1 Å². The Hall–Kier alpha value is -1.83. The highest BCUT2D eigenvalue weighted by molar-refractivity contribution is 5.84. The quantitative estimate of drug-likeness (QED) is 0.775. The average Bonchev–Trinajstić information content (AvgIpc) is 2.78. The molecule has 0 amide bonds. The van der Waals surface area contributed by atoms with Gasteiger partial charge in [0.05, 0.1) is 12.7 Å². The number of nitriles is 1. The first-order chi connectivity index (χ1) is 9.26. The fraction of sp³-hybridized carbons (Fsp3) is 0.400. The summed E-state index contributed by atoms with van der Waals surface area (Å²) in [5.74, 6) is 0. The zero-order valence-electron chi connectivity index (χ0n) is 10.9. The van der Waals surface area contributed by atoms with Crippen molar-refractivity contribution in [3.63, 3.8) is 0 Å². The SMILES string of the molecule is N#CCCCn1cc(C[C@H](N)CO)c2ccccc21. The van der Waals surface area contributed by atoms with E-state index in [-0.39, 0.29) is 12.6 Å². The number of aliphatic hydroxyl groups excluding tert-OH is 1. The number of aromatic nitrogens is 1. The van der Waals surface area contributed by atoms with Gasteiger partial charge < -0.3 is 15.4 Å². The Labute approximate surface area is 113 Å². The van der Waals surface area contributed by atoms with E-state index in [2.05, 4.69) is 29.0 Å². The number of aliphatic hydroxyl groups is 1. The molecule has 0 radical (unpaired) electrons. The van der Waals surface area contributed by atoms with Crippen LogP contribution in [-0.4, -0.2) is 22.3 Å². The first kappa shape index (κ1) is 13.6. The largest absolute Gasteiger partial charge is 0.395 e. The molecule has 0 aliphatic rings. The van der Waals surface area contributed by atoms with E-state index in [1.54, 1.807) is 0 Å². The number of aryl methyl sites for hydroxylation is 1. The van der Waals surface area contributed by atoms with Gasteiger partial charge in [-0.3, -0.25) is 0 Å². The van der Waals surface area contributed by atoms with Crippen LogP contribution in [0.5, 0.6) is 0 Å². The summed E-state index contributed by atoms with van der Waals surface area (Å²) in [4.78, 5) is 0. The minimum Gasteiger partial charge on any atom is -0.395 e. The maximum Gasteiger partial charge on any atom is 0.0622 e. The maximum atomic E-state index is 9.08. The van der Waals surface area contributed by atoms with Crippen LogP contribution in [0, 0.1) is 11.3 Å². The van der Waals surface area contributed by atoms with Crippen molar-refractivity contribution in [1.82, 2.24) is 4.57 Å². The van der Waals surface area contributed by atoms with Gasteiger partial charge in [-0.05, 0) is 24.5 Å². The van der Waals surface area contributed by atoms with E-state index in [0.29, 0.717) is 12.8 Å². The third-order valence-electron chi connectivity index (χ3n) is 3.28. The van der Waals surface area contributed by atoms with Gasteiger partial charge >= 0.3 is 0 Å². The summed E-state index contributed by atoms with van der Waals surface area (Å²) in [6, 6.07) is 10.1. The number of unbranched alkanes of at least 4 members (excludes halogenated alkanes) is 1. The Balaban J connectivity index is 2.29. The molecule has 0 spiro atoms. The van der Waals surface area contributed by atoms with Crippen LogP contribution in [0.1, 0.15) is 18.4 Å². The summed E-state index contributed by atoms with van der Waals surface area (Å²) in [6.07, 6.45) is 4.18. The predicted octanol–water partition coefficient (Wildman–Crippen LogP) is 1.81. The topological polar surface area (TPSA) is 75.0 Å². The fourth-order valence-corrected chi connectivity index (χ4v) is 2.35. The molecule has 1 atom stereocenters. The normalized spacial score (nSPS) is 12.5. The number of benzene rings is 1. The Bertz CT molecular complexity index is 583. The molecule has 0 bridgehead atoms. The molecule has 100 valence electrons. The van der Waals surface area contributed by atoms with E-state index in [1.165, 1.54) is 10.9 Å². The lowest BCUT2D eigenvalue weighted by Gasteiger charge is -2.06. The molecule has 2 aromatic rings. The van der Waals surface area contributed by atoms with Gasteiger partial charge in [0.15, 0.2) is 0 Å². The summed E-state index contributed by atoms with van der Waals surface area (Å²) >= 11 is 0. The summed E-state index contributed by atoms with van der Waals surface area (Å²) < 4.78 is 2.17. The van der Waals surface area contributed by atoms with Gasteiger partial charge in [-0.15, -0.1) is 0 Å². The average molecular weight is 257 g/mol. The van der Waals surface area contributed by atoms with Crippen molar-refractivity contribution < 1.29 is 5.11 Å². The second-order valence-corrected chi connectivity index (χ2v) is 4.77. The van der Waals surface area contributed by atoms with E-state index in [1.807, 2.05) is 12.1 Å². The predicted molar refractivity (Wildman–Crippen MR) is 75.6 cm³/mol. The maximum absolute atomic E-state index is 9.08. The lowest BCUT2D eigenvalue weighted by molar-refractivity contribution is 0.265. The Kier molecular flexibility index (Phi) is 4.56. The number of nitrogens with zero attached hydrogens (tertiary/aromatic N) is 2. The number of para-hydroxylation sites is 1. The molecule has 1 aromatic heterocycles. The van der Waals surface area contributed by atoms with Crippen LogP contribution in [0.2, 0.25) is 0 Å². The van der Waals surface area contributed by atoms with E-state index in [0.717, 1.165) is 18.5 Å². The minimum atomic E-state index is -0.224. The van der Waals surface area contributed by atoms with E-state index < -0.39 is 0 Å². The molecule has 1 heterocycles. The summed E-state index contributed by atoms with van der Waals surface area (Å²) in [5.41, 5.74) is 8.15. The Morgan fingerprint density at radius 2 is 2.16 bits per heavy atom. The zero-order chi connectivity index (χ0) is 13.7. The summed E-state index contributed by atoms with van der Waals surface area (Å²) in [5, 5.41) is 18.9.